The highest BCUT2D eigenvalue weighted by atomic mass is 79.9. The number of amides is 1. The number of carboxylic acids is 1. The zero-order valence-corrected chi connectivity index (χ0v) is 14.5. The molecule has 0 saturated heterocycles. The lowest BCUT2D eigenvalue weighted by Crippen LogP contribution is -2.34. The minimum Gasteiger partial charge on any atom is -0.481 e. The molecule has 1 N–H and O–H groups in total. The molecule has 1 aromatic carbocycles. The second kappa shape index (κ2) is 9.84. The molecule has 0 aliphatic rings. The number of carbonyl (C=O) groups is 2. The summed E-state index contributed by atoms with van der Waals surface area (Å²) in [5.74, 6) is 0.453. The third kappa shape index (κ3) is 7.52. The molecule has 0 fully saturated rings. The molecule has 0 aliphatic heterocycles. The van der Waals surface area contributed by atoms with E-state index >= 15 is 0 Å². The molecule has 0 spiro atoms. The average molecular weight is 374 g/mol. The molecule has 4 nitrogen and oxygen atoms in total. The van der Waals surface area contributed by atoms with Crippen LogP contribution in [0.25, 0.3) is 0 Å². The lowest BCUT2D eigenvalue weighted by molar-refractivity contribution is -0.138. The minimum absolute atomic E-state index is 0.00493. The Kier molecular flexibility index (Phi) is 8.45. The maximum absolute atomic E-state index is 12.2. The number of halogens is 1. The maximum atomic E-state index is 12.2. The highest BCUT2D eigenvalue weighted by Crippen LogP contribution is 2.15. The zero-order chi connectivity index (χ0) is 15.7. The van der Waals surface area contributed by atoms with Crippen LogP contribution >= 0.6 is 27.7 Å². The molecule has 0 unspecified atom stereocenters. The maximum Gasteiger partial charge on any atom is 0.305 e. The van der Waals surface area contributed by atoms with Crippen LogP contribution in [0, 0.1) is 0 Å². The van der Waals surface area contributed by atoms with E-state index in [9.17, 15) is 9.59 Å². The van der Waals surface area contributed by atoms with Crippen LogP contribution in [0.2, 0.25) is 0 Å². The van der Waals surface area contributed by atoms with Gasteiger partial charge in [-0.15, -0.1) is 0 Å². The molecule has 1 aromatic rings. The fourth-order valence-corrected chi connectivity index (χ4v) is 3.01. The number of thioether (sulfide) groups is 1. The lowest BCUT2D eigenvalue weighted by Gasteiger charge is -2.22. The van der Waals surface area contributed by atoms with Gasteiger partial charge in [0.05, 0.1) is 12.2 Å². The molecule has 21 heavy (non-hydrogen) atoms. The van der Waals surface area contributed by atoms with Crippen molar-refractivity contribution in [1.29, 1.82) is 0 Å². The van der Waals surface area contributed by atoms with Gasteiger partial charge in [0.15, 0.2) is 0 Å². The number of benzene rings is 1. The first-order valence-corrected chi connectivity index (χ1v) is 8.79. The second-order valence-corrected chi connectivity index (χ2v) is 6.66. The van der Waals surface area contributed by atoms with Crippen LogP contribution < -0.4 is 0 Å². The van der Waals surface area contributed by atoms with Gasteiger partial charge in [-0.05, 0) is 29.9 Å². The van der Waals surface area contributed by atoms with Gasteiger partial charge in [0.2, 0.25) is 5.91 Å². The number of aliphatic carboxylic acids is 1. The highest BCUT2D eigenvalue weighted by molar-refractivity contribution is 9.10. The van der Waals surface area contributed by atoms with E-state index in [0.717, 1.165) is 22.2 Å². The Morgan fingerprint density at radius 1 is 1.38 bits per heavy atom. The molecule has 0 radical (unpaired) electrons. The van der Waals surface area contributed by atoms with Gasteiger partial charge in [-0.25, -0.2) is 0 Å². The van der Waals surface area contributed by atoms with Gasteiger partial charge in [0, 0.05) is 17.6 Å². The summed E-state index contributed by atoms with van der Waals surface area (Å²) in [7, 11) is 0. The van der Waals surface area contributed by atoms with Gasteiger partial charge < -0.3 is 10.0 Å². The van der Waals surface area contributed by atoms with Crippen LogP contribution in [-0.4, -0.2) is 39.9 Å². The van der Waals surface area contributed by atoms with Crippen LogP contribution in [0.1, 0.15) is 25.3 Å². The summed E-state index contributed by atoms with van der Waals surface area (Å²) in [5.41, 5.74) is 0.989. The topological polar surface area (TPSA) is 57.6 Å². The summed E-state index contributed by atoms with van der Waals surface area (Å²) in [6.07, 6.45) is 0.997. The Labute approximate surface area is 138 Å². The largest absolute Gasteiger partial charge is 0.481 e. The molecule has 0 saturated carbocycles. The SMILES string of the molecule is CCCSCC(=O)N(CCC(=O)O)Cc1cccc(Br)c1. The van der Waals surface area contributed by atoms with Crippen molar-refractivity contribution >= 4 is 39.6 Å². The molecule has 0 heterocycles. The summed E-state index contributed by atoms with van der Waals surface area (Å²) in [5, 5.41) is 8.82. The molecule has 0 aromatic heterocycles. The number of hydrogen-bond acceptors (Lipinski definition) is 3. The normalized spacial score (nSPS) is 10.4. The van der Waals surface area contributed by atoms with Gasteiger partial charge in [0.25, 0.3) is 0 Å². The van der Waals surface area contributed by atoms with Crippen molar-refractivity contribution in [3.05, 3.63) is 34.3 Å². The first kappa shape index (κ1) is 18.0. The molecule has 116 valence electrons. The Morgan fingerprint density at radius 3 is 2.76 bits per heavy atom. The summed E-state index contributed by atoms with van der Waals surface area (Å²) >= 11 is 4.99. The van der Waals surface area contributed by atoms with Gasteiger partial charge in [-0.1, -0.05) is 35.0 Å². The minimum atomic E-state index is -0.886. The first-order valence-electron chi connectivity index (χ1n) is 6.84. The van der Waals surface area contributed by atoms with Crippen LogP contribution in [0.15, 0.2) is 28.7 Å². The highest BCUT2D eigenvalue weighted by Gasteiger charge is 2.15. The van der Waals surface area contributed by atoms with Crippen molar-refractivity contribution in [2.24, 2.45) is 0 Å². The predicted molar refractivity (Wildman–Crippen MR) is 89.4 cm³/mol. The smallest absolute Gasteiger partial charge is 0.305 e. The first-order chi connectivity index (χ1) is 10.0. The van der Waals surface area contributed by atoms with E-state index in [2.05, 4.69) is 22.9 Å². The van der Waals surface area contributed by atoms with Crippen LogP contribution in [-0.2, 0) is 16.1 Å². The van der Waals surface area contributed by atoms with Crippen LogP contribution in [0.3, 0.4) is 0 Å². The van der Waals surface area contributed by atoms with E-state index in [1.165, 1.54) is 0 Å². The van der Waals surface area contributed by atoms with Crippen molar-refractivity contribution in [1.82, 2.24) is 4.90 Å². The summed E-state index contributed by atoms with van der Waals surface area (Å²) in [6.45, 7) is 2.76. The molecular formula is C15H20BrNO3S. The standard InChI is InChI=1S/C15H20BrNO3S/c1-2-8-21-11-14(18)17(7-6-15(19)20)10-12-4-3-5-13(16)9-12/h3-5,9H,2,6-8,10-11H2,1H3,(H,19,20). The van der Waals surface area contributed by atoms with Crippen molar-refractivity contribution in [3.63, 3.8) is 0 Å². The summed E-state index contributed by atoms with van der Waals surface area (Å²) < 4.78 is 0.950. The van der Waals surface area contributed by atoms with E-state index in [-0.39, 0.29) is 18.9 Å². The summed E-state index contributed by atoms with van der Waals surface area (Å²) in [4.78, 5) is 24.6. The molecular weight excluding hydrogens is 354 g/mol. The molecule has 0 atom stereocenters. The summed E-state index contributed by atoms with van der Waals surface area (Å²) in [6, 6.07) is 7.71. The second-order valence-electron chi connectivity index (χ2n) is 4.64. The Balaban J connectivity index is 2.66. The third-order valence-electron chi connectivity index (χ3n) is 2.78. The number of carbonyl (C=O) groups excluding carboxylic acids is 1. The van der Waals surface area contributed by atoms with E-state index in [1.807, 2.05) is 24.3 Å². The number of nitrogens with zero attached hydrogens (tertiary/aromatic N) is 1. The Hall–Kier alpha value is -1.01. The van der Waals surface area contributed by atoms with Crippen LogP contribution in [0.4, 0.5) is 0 Å². The predicted octanol–water partition coefficient (Wildman–Crippen LogP) is 3.40. The van der Waals surface area contributed by atoms with Gasteiger partial charge in [-0.2, -0.15) is 11.8 Å². The average Bonchev–Trinajstić information content (AvgIpc) is 2.43. The zero-order valence-electron chi connectivity index (χ0n) is 12.0. The molecule has 0 aliphatic carbocycles. The Bertz CT molecular complexity index is 482. The Morgan fingerprint density at radius 2 is 2.14 bits per heavy atom. The van der Waals surface area contributed by atoms with Gasteiger partial charge >= 0.3 is 5.97 Å². The quantitative estimate of drug-likeness (QED) is 0.673. The fraction of sp³-hybridized carbons (Fsp3) is 0.467. The van der Waals surface area contributed by atoms with Crippen molar-refractivity contribution < 1.29 is 14.7 Å². The van der Waals surface area contributed by atoms with Crippen molar-refractivity contribution in [2.45, 2.75) is 26.3 Å². The molecule has 0 bridgehead atoms. The van der Waals surface area contributed by atoms with Gasteiger partial charge in [-0.3, -0.25) is 9.59 Å². The van der Waals surface area contributed by atoms with E-state index in [4.69, 9.17) is 5.11 Å². The van der Waals surface area contributed by atoms with Gasteiger partial charge in [0.1, 0.15) is 0 Å². The van der Waals surface area contributed by atoms with E-state index in [0.29, 0.717) is 12.3 Å². The van der Waals surface area contributed by atoms with Crippen molar-refractivity contribution in [3.8, 4) is 0 Å². The van der Waals surface area contributed by atoms with E-state index in [1.54, 1.807) is 16.7 Å². The third-order valence-corrected chi connectivity index (χ3v) is 4.43. The number of hydrogen-bond donors (Lipinski definition) is 1. The monoisotopic (exact) mass is 373 g/mol. The lowest BCUT2D eigenvalue weighted by atomic mass is 10.2. The van der Waals surface area contributed by atoms with Crippen LogP contribution in [0.5, 0.6) is 0 Å². The molecule has 1 rings (SSSR count). The number of rotatable bonds is 9. The molecule has 1 amide bonds. The number of carboxylic acid groups (broad SMARTS) is 1. The van der Waals surface area contributed by atoms with E-state index < -0.39 is 5.97 Å². The molecule has 6 heteroatoms. The fourth-order valence-electron chi connectivity index (χ4n) is 1.77. The van der Waals surface area contributed by atoms with Crippen molar-refractivity contribution in [2.75, 3.05) is 18.1 Å².